The number of carbonyl (C=O) groups is 1. The highest BCUT2D eigenvalue weighted by Gasteiger charge is 2.21. The lowest BCUT2D eigenvalue weighted by molar-refractivity contribution is -0.117. The van der Waals surface area contributed by atoms with Crippen molar-refractivity contribution in [2.24, 2.45) is 4.99 Å². The van der Waals surface area contributed by atoms with Gasteiger partial charge in [0.05, 0.1) is 6.04 Å². The number of hydrogen-bond donors (Lipinski definition) is 2. The highest BCUT2D eigenvalue weighted by atomic mass is 35.5. The summed E-state index contributed by atoms with van der Waals surface area (Å²) in [5, 5.41) is 7.50. The normalized spacial score (nSPS) is 15.6. The lowest BCUT2D eigenvalue weighted by Gasteiger charge is -2.26. The smallest absolute Gasteiger partial charge is 0.227 e. The van der Waals surface area contributed by atoms with Crippen LogP contribution in [0.4, 0.5) is 5.69 Å². The first-order valence-electron chi connectivity index (χ1n) is 10.2. The second kappa shape index (κ2) is 10.5. The number of aliphatic imine (C=N–C) groups is 1. The van der Waals surface area contributed by atoms with Gasteiger partial charge in [0.15, 0.2) is 5.96 Å². The first-order valence-corrected chi connectivity index (χ1v) is 10.6. The molecule has 1 atom stereocenters. The zero-order chi connectivity index (χ0) is 21.5. The van der Waals surface area contributed by atoms with Gasteiger partial charge in [-0.1, -0.05) is 35.9 Å². The number of benzene rings is 2. The maximum absolute atomic E-state index is 11.9. The molecule has 2 N–H and O–H groups in total. The van der Waals surface area contributed by atoms with Crippen LogP contribution in [0.25, 0.3) is 0 Å². The molecule has 0 saturated carbocycles. The molecule has 30 heavy (non-hydrogen) atoms. The van der Waals surface area contributed by atoms with E-state index >= 15 is 0 Å². The fourth-order valence-electron chi connectivity index (χ4n) is 3.60. The van der Waals surface area contributed by atoms with E-state index in [0.717, 1.165) is 35.2 Å². The molecule has 1 heterocycles. The Kier molecular flexibility index (Phi) is 7.71. The summed E-state index contributed by atoms with van der Waals surface area (Å²) in [6.45, 7) is 2.18. The Morgan fingerprint density at radius 3 is 2.40 bits per heavy atom. The van der Waals surface area contributed by atoms with Gasteiger partial charge < -0.3 is 20.4 Å². The minimum absolute atomic E-state index is 0.193. The molecule has 7 heteroatoms. The fourth-order valence-corrected chi connectivity index (χ4v) is 3.72. The molecule has 0 radical (unpaired) electrons. The van der Waals surface area contributed by atoms with Gasteiger partial charge in [0, 0.05) is 43.8 Å². The van der Waals surface area contributed by atoms with Crippen molar-refractivity contribution in [3.05, 3.63) is 64.7 Å². The van der Waals surface area contributed by atoms with Crippen molar-refractivity contribution in [1.82, 2.24) is 15.5 Å². The van der Waals surface area contributed by atoms with Crippen LogP contribution < -0.4 is 15.5 Å². The van der Waals surface area contributed by atoms with Crippen LogP contribution in [0.2, 0.25) is 5.02 Å². The Hall–Kier alpha value is -2.57. The number of rotatable bonds is 7. The Bertz CT molecular complexity index is 864. The van der Waals surface area contributed by atoms with Gasteiger partial charge in [0.25, 0.3) is 0 Å². The van der Waals surface area contributed by atoms with Crippen molar-refractivity contribution in [1.29, 1.82) is 0 Å². The van der Waals surface area contributed by atoms with Gasteiger partial charge in [-0.25, -0.2) is 0 Å². The van der Waals surface area contributed by atoms with Crippen molar-refractivity contribution < 1.29 is 4.79 Å². The second-order valence-corrected chi connectivity index (χ2v) is 8.09. The number of amides is 1. The predicted molar refractivity (Wildman–Crippen MR) is 124 cm³/mol. The number of anilines is 1. The largest absolute Gasteiger partial charge is 0.354 e. The quantitative estimate of drug-likeness (QED) is 0.525. The summed E-state index contributed by atoms with van der Waals surface area (Å²) in [7, 11) is 5.89. The molecule has 0 spiro atoms. The van der Waals surface area contributed by atoms with Crippen molar-refractivity contribution in [3.8, 4) is 0 Å². The van der Waals surface area contributed by atoms with E-state index in [-0.39, 0.29) is 11.9 Å². The van der Waals surface area contributed by atoms with Crippen LogP contribution in [0.5, 0.6) is 0 Å². The van der Waals surface area contributed by atoms with Crippen LogP contribution in [0.15, 0.2) is 53.5 Å². The van der Waals surface area contributed by atoms with E-state index in [4.69, 9.17) is 11.6 Å². The molecule has 1 saturated heterocycles. The maximum Gasteiger partial charge on any atom is 0.227 e. The summed E-state index contributed by atoms with van der Waals surface area (Å²) >= 11 is 6.02. The number of carbonyl (C=O) groups excluding carboxylic acids is 1. The van der Waals surface area contributed by atoms with Crippen LogP contribution in [-0.4, -0.2) is 51.0 Å². The molecule has 0 aromatic heterocycles. The SMILES string of the molecule is CN=C(NCc1ccc(N2CCCC2=O)cc1)NCC(c1ccc(Cl)cc1)N(C)C. The Morgan fingerprint density at radius 2 is 1.83 bits per heavy atom. The fraction of sp³-hybridized carbons (Fsp3) is 0.391. The molecule has 2 aromatic carbocycles. The third-order valence-electron chi connectivity index (χ3n) is 5.35. The number of likely N-dealkylation sites (N-methyl/N-ethyl adjacent to an activating group) is 1. The van der Waals surface area contributed by atoms with Crippen molar-refractivity contribution >= 4 is 29.2 Å². The third kappa shape index (κ3) is 5.74. The maximum atomic E-state index is 11.9. The minimum Gasteiger partial charge on any atom is -0.354 e. The molecule has 1 amide bonds. The molecule has 0 aliphatic carbocycles. The summed E-state index contributed by atoms with van der Waals surface area (Å²) in [6.07, 6.45) is 1.59. The van der Waals surface area contributed by atoms with E-state index in [1.807, 2.05) is 29.2 Å². The molecule has 160 valence electrons. The average Bonchev–Trinajstić information content (AvgIpc) is 3.17. The molecular formula is C23H30ClN5O. The van der Waals surface area contributed by atoms with Crippen LogP contribution in [-0.2, 0) is 11.3 Å². The number of nitrogens with one attached hydrogen (secondary N) is 2. The predicted octanol–water partition coefficient (Wildman–Crippen LogP) is 3.43. The van der Waals surface area contributed by atoms with Gasteiger partial charge in [-0.15, -0.1) is 0 Å². The Balaban J connectivity index is 1.54. The Labute approximate surface area is 183 Å². The molecular weight excluding hydrogens is 398 g/mol. The van der Waals surface area contributed by atoms with E-state index < -0.39 is 0 Å². The van der Waals surface area contributed by atoms with Gasteiger partial charge in [-0.3, -0.25) is 9.79 Å². The highest BCUT2D eigenvalue weighted by Crippen LogP contribution is 2.22. The summed E-state index contributed by atoms with van der Waals surface area (Å²) < 4.78 is 0. The first-order chi connectivity index (χ1) is 14.5. The lowest BCUT2D eigenvalue weighted by atomic mass is 10.1. The summed E-state index contributed by atoms with van der Waals surface area (Å²) in [5.74, 6) is 0.955. The molecule has 1 fully saturated rings. The van der Waals surface area contributed by atoms with Crippen molar-refractivity contribution in [3.63, 3.8) is 0 Å². The van der Waals surface area contributed by atoms with E-state index in [1.54, 1.807) is 7.05 Å². The standard InChI is InChI=1S/C23H30ClN5O/c1-25-23(27-16-21(28(2)3)18-8-10-19(24)11-9-18)26-15-17-6-12-20(13-7-17)29-14-4-5-22(29)30/h6-13,21H,4-5,14-16H2,1-3H3,(H2,25,26,27). The molecule has 1 aliphatic rings. The minimum atomic E-state index is 0.193. The highest BCUT2D eigenvalue weighted by molar-refractivity contribution is 6.30. The van der Waals surface area contributed by atoms with Gasteiger partial charge in [-0.05, 0) is 55.9 Å². The third-order valence-corrected chi connectivity index (χ3v) is 5.60. The average molecular weight is 428 g/mol. The topological polar surface area (TPSA) is 60.0 Å². The molecule has 3 rings (SSSR count). The lowest BCUT2D eigenvalue weighted by Crippen LogP contribution is -2.41. The van der Waals surface area contributed by atoms with E-state index in [9.17, 15) is 4.79 Å². The van der Waals surface area contributed by atoms with Crippen molar-refractivity contribution in [2.45, 2.75) is 25.4 Å². The van der Waals surface area contributed by atoms with Gasteiger partial charge in [0.2, 0.25) is 5.91 Å². The first kappa shape index (κ1) is 22.1. The van der Waals surface area contributed by atoms with Crippen LogP contribution >= 0.6 is 11.6 Å². The second-order valence-electron chi connectivity index (χ2n) is 7.65. The monoisotopic (exact) mass is 427 g/mol. The molecule has 0 bridgehead atoms. The molecule has 1 aliphatic heterocycles. The summed E-state index contributed by atoms with van der Waals surface area (Å²) in [5.41, 5.74) is 3.30. The van der Waals surface area contributed by atoms with E-state index in [0.29, 0.717) is 19.5 Å². The number of nitrogens with zero attached hydrogens (tertiary/aromatic N) is 3. The van der Waals surface area contributed by atoms with Crippen LogP contribution in [0.3, 0.4) is 0 Å². The summed E-state index contributed by atoms with van der Waals surface area (Å²) in [4.78, 5) is 20.2. The van der Waals surface area contributed by atoms with Crippen molar-refractivity contribution in [2.75, 3.05) is 39.1 Å². The van der Waals surface area contributed by atoms with Gasteiger partial charge in [-0.2, -0.15) is 0 Å². The van der Waals surface area contributed by atoms with E-state index in [2.05, 4.69) is 58.9 Å². The Morgan fingerprint density at radius 1 is 1.13 bits per heavy atom. The van der Waals surface area contributed by atoms with Crippen LogP contribution in [0, 0.1) is 0 Å². The van der Waals surface area contributed by atoms with E-state index in [1.165, 1.54) is 5.56 Å². The zero-order valence-electron chi connectivity index (χ0n) is 17.9. The summed E-state index contributed by atoms with van der Waals surface area (Å²) in [6, 6.07) is 16.3. The van der Waals surface area contributed by atoms with Gasteiger partial charge >= 0.3 is 0 Å². The van der Waals surface area contributed by atoms with Crippen LogP contribution in [0.1, 0.15) is 30.0 Å². The molecule has 2 aromatic rings. The number of guanidine groups is 1. The van der Waals surface area contributed by atoms with Gasteiger partial charge in [0.1, 0.15) is 0 Å². The molecule has 6 nitrogen and oxygen atoms in total. The molecule has 1 unspecified atom stereocenters. The number of hydrogen-bond acceptors (Lipinski definition) is 3. The number of halogens is 1. The zero-order valence-corrected chi connectivity index (χ0v) is 18.6.